The maximum Gasteiger partial charge on any atom is 0.305 e. The van der Waals surface area contributed by atoms with Gasteiger partial charge in [-0.1, -0.05) is 37.3 Å². The predicted octanol–water partition coefficient (Wildman–Crippen LogP) is -2.84. The van der Waals surface area contributed by atoms with Gasteiger partial charge in [0.15, 0.2) is 5.96 Å². The van der Waals surface area contributed by atoms with Crippen molar-refractivity contribution in [2.24, 2.45) is 11.5 Å². The number of guanidine groups is 1. The second-order valence-corrected chi connectivity index (χ2v) is 10.1. The molecule has 0 spiro atoms. The standard InChI is InChI=1S/C27H41N9O7/c1-2-16(35-27(29)30)22-26(43)31-14-20(37)32-19(13-21(38)39)25(42)34-18(12-15-8-4-3-5-9-15)24(41)33-17(23(40)36-22)10-6-7-11-28/h3-5,8-9,16-19,22H,2,6-7,10-14,28H2,1H3,(H,31,43)(H,32,37)(H,33,41)(H,34,42)(H,36,40)(H,38,39)(H4,29,30,35)/t16?,17-,18+,19+,22-/m0/s1. The Kier molecular flexibility index (Phi) is 13.9. The maximum absolute atomic E-state index is 13.6. The summed E-state index contributed by atoms with van der Waals surface area (Å²) in [7, 11) is 0. The lowest BCUT2D eigenvalue weighted by molar-refractivity contribution is -0.141. The number of nitrogens with one attached hydrogen (secondary N) is 7. The molecule has 0 radical (unpaired) electrons. The van der Waals surface area contributed by atoms with Crippen molar-refractivity contribution in [2.45, 2.75) is 75.7 Å². The number of carbonyl (C=O) groups is 6. The lowest BCUT2D eigenvalue weighted by atomic mass is 10.0. The zero-order chi connectivity index (χ0) is 31.9. The third-order valence-electron chi connectivity index (χ3n) is 6.71. The number of carbonyl (C=O) groups excluding carboxylic acids is 5. The molecule has 1 aromatic carbocycles. The van der Waals surface area contributed by atoms with Crippen LogP contribution in [0.5, 0.6) is 0 Å². The smallest absolute Gasteiger partial charge is 0.305 e. The molecule has 1 heterocycles. The van der Waals surface area contributed by atoms with Gasteiger partial charge >= 0.3 is 5.97 Å². The highest BCUT2D eigenvalue weighted by atomic mass is 16.4. The highest BCUT2D eigenvalue weighted by Gasteiger charge is 2.35. The quantitative estimate of drug-likeness (QED) is 0.0703. The van der Waals surface area contributed by atoms with E-state index in [1.165, 1.54) is 0 Å². The van der Waals surface area contributed by atoms with Crippen LogP contribution in [0.3, 0.4) is 0 Å². The van der Waals surface area contributed by atoms with Crippen LogP contribution in [0.4, 0.5) is 0 Å². The van der Waals surface area contributed by atoms with Crippen molar-refractivity contribution in [3.63, 3.8) is 0 Å². The zero-order valence-electron chi connectivity index (χ0n) is 24.0. The molecule has 0 saturated carbocycles. The van der Waals surface area contributed by atoms with Gasteiger partial charge in [0.2, 0.25) is 29.5 Å². The number of hydrogen-bond acceptors (Lipinski definition) is 8. The Hall–Kier alpha value is -4.73. The van der Waals surface area contributed by atoms with Gasteiger partial charge in [-0.25, -0.2) is 0 Å². The maximum atomic E-state index is 13.6. The van der Waals surface area contributed by atoms with Crippen LogP contribution in [0, 0.1) is 5.41 Å². The first kappa shape index (κ1) is 34.5. The van der Waals surface area contributed by atoms with Crippen molar-refractivity contribution >= 4 is 41.5 Å². The van der Waals surface area contributed by atoms with Gasteiger partial charge in [-0.05, 0) is 37.8 Å². The van der Waals surface area contributed by atoms with Crippen molar-refractivity contribution in [3.8, 4) is 0 Å². The molecule has 0 aliphatic carbocycles. The van der Waals surface area contributed by atoms with Crippen LogP contribution in [0.1, 0.15) is 44.6 Å². The molecule has 1 aromatic rings. The van der Waals surface area contributed by atoms with Crippen molar-refractivity contribution in [1.29, 1.82) is 5.41 Å². The number of unbranched alkanes of at least 4 members (excludes halogenated alkanes) is 1. The number of rotatable bonds is 11. The third kappa shape index (κ3) is 11.6. The Labute approximate surface area is 249 Å². The number of nitrogens with two attached hydrogens (primary N) is 2. The first-order chi connectivity index (χ1) is 20.4. The Bertz CT molecular complexity index is 1160. The van der Waals surface area contributed by atoms with Crippen molar-refractivity contribution < 1.29 is 33.9 Å². The first-order valence-corrected chi connectivity index (χ1v) is 14.0. The summed E-state index contributed by atoms with van der Waals surface area (Å²) in [6, 6.07) is 2.52. The summed E-state index contributed by atoms with van der Waals surface area (Å²) in [5.41, 5.74) is 11.8. The highest BCUT2D eigenvalue weighted by molar-refractivity contribution is 5.98. The Balaban J connectivity index is 2.53. The minimum atomic E-state index is -1.57. The molecular weight excluding hydrogens is 562 g/mol. The number of carboxylic acid groups (broad SMARTS) is 1. The van der Waals surface area contributed by atoms with Crippen molar-refractivity contribution in [2.75, 3.05) is 13.1 Å². The lowest BCUT2D eigenvalue weighted by Gasteiger charge is -2.29. The topological polar surface area (TPSA) is 271 Å². The number of amides is 5. The second-order valence-electron chi connectivity index (χ2n) is 10.1. The molecule has 16 heteroatoms. The molecule has 236 valence electrons. The van der Waals surface area contributed by atoms with E-state index in [9.17, 15) is 33.9 Å². The summed E-state index contributed by atoms with van der Waals surface area (Å²) in [5, 5.41) is 32.0. The van der Waals surface area contributed by atoms with Crippen molar-refractivity contribution in [3.05, 3.63) is 35.9 Å². The van der Waals surface area contributed by atoms with E-state index in [0.717, 1.165) is 0 Å². The van der Waals surface area contributed by atoms with Gasteiger partial charge in [0.25, 0.3) is 0 Å². The summed E-state index contributed by atoms with van der Waals surface area (Å²) in [5.74, 6) is -5.94. The Morgan fingerprint density at radius 2 is 1.58 bits per heavy atom. The molecule has 0 bridgehead atoms. The molecule has 1 aliphatic heterocycles. The molecule has 0 aromatic heterocycles. The van der Waals surface area contributed by atoms with E-state index in [1.807, 2.05) is 0 Å². The molecule has 1 saturated heterocycles. The molecule has 16 nitrogen and oxygen atoms in total. The predicted molar refractivity (Wildman–Crippen MR) is 155 cm³/mol. The second kappa shape index (κ2) is 17.3. The fourth-order valence-corrected chi connectivity index (χ4v) is 4.50. The van der Waals surface area contributed by atoms with Gasteiger partial charge in [0, 0.05) is 6.42 Å². The van der Waals surface area contributed by atoms with E-state index in [4.69, 9.17) is 16.9 Å². The van der Waals surface area contributed by atoms with Gasteiger partial charge in [0.1, 0.15) is 24.2 Å². The minimum Gasteiger partial charge on any atom is -0.481 e. The van der Waals surface area contributed by atoms with E-state index in [-0.39, 0.29) is 19.3 Å². The highest BCUT2D eigenvalue weighted by Crippen LogP contribution is 2.09. The third-order valence-corrected chi connectivity index (χ3v) is 6.71. The normalized spacial score (nSPS) is 22.8. The van der Waals surface area contributed by atoms with Crippen LogP contribution in [0.25, 0.3) is 0 Å². The van der Waals surface area contributed by atoms with Gasteiger partial charge < -0.3 is 48.5 Å². The van der Waals surface area contributed by atoms with Gasteiger partial charge in [0.05, 0.1) is 19.0 Å². The largest absolute Gasteiger partial charge is 0.481 e. The van der Waals surface area contributed by atoms with Crippen LogP contribution in [0.2, 0.25) is 0 Å². The fourth-order valence-electron chi connectivity index (χ4n) is 4.50. The average Bonchev–Trinajstić information content (AvgIpc) is 2.96. The fraction of sp³-hybridized carbons (Fsp3) is 0.519. The van der Waals surface area contributed by atoms with E-state index in [2.05, 4.69) is 31.9 Å². The lowest BCUT2D eigenvalue weighted by Crippen LogP contribution is -2.62. The van der Waals surface area contributed by atoms with Crippen LogP contribution < -0.4 is 43.4 Å². The van der Waals surface area contributed by atoms with E-state index in [0.29, 0.717) is 24.9 Å². The van der Waals surface area contributed by atoms with Gasteiger partial charge in [-0.2, -0.15) is 0 Å². The molecule has 5 atom stereocenters. The SMILES string of the molecule is CCC(NC(=N)N)[C@@H]1NC(=O)[C@H](CCCCN)NC(=O)[C@@H](Cc2ccccc2)NC(=O)[C@@H](CC(=O)O)NC(=O)CNC1=O. The number of hydrogen-bond donors (Lipinski definition) is 10. The van der Waals surface area contributed by atoms with Crippen LogP contribution >= 0.6 is 0 Å². The van der Waals surface area contributed by atoms with E-state index >= 15 is 0 Å². The summed E-state index contributed by atoms with van der Waals surface area (Å²) in [4.78, 5) is 77.7. The molecule has 5 amide bonds. The van der Waals surface area contributed by atoms with Crippen molar-refractivity contribution in [1.82, 2.24) is 31.9 Å². The van der Waals surface area contributed by atoms with E-state index < -0.39 is 84.6 Å². The van der Waals surface area contributed by atoms with Gasteiger partial charge in [-0.15, -0.1) is 0 Å². The summed E-state index contributed by atoms with van der Waals surface area (Å²) >= 11 is 0. The summed E-state index contributed by atoms with van der Waals surface area (Å²) in [6.07, 6.45) is 0.564. The molecule has 12 N–H and O–H groups in total. The summed E-state index contributed by atoms with van der Waals surface area (Å²) in [6.45, 7) is 1.37. The minimum absolute atomic E-state index is 0.00754. The molecule has 43 heavy (non-hydrogen) atoms. The summed E-state index contributed by atoms with van der Waals surface area (Å²) < 4.78 is 0. The van der Waals surface area contributed by atoms with Crippen LogP contribution in [-0.4, -0.2) is 89.9 Å². The number of aliphatic carboxylic acids is 1. The number of benzene rings is 1. The number of carboxylic acids is 1. The Morgan fingerprint density at radius 1 is 0.953 bits per heavy atom. The van der Waals surface area contributed by atoms with Crippen LogP contribution in [-0.2, 0) is 35.2 Å². The zero-order valence-corrected chi connectivity index (χ0v) is 24.0. The molecule has 1 unspecified atom stereocenters. The molecular formula is C27H41N9O7. The van der Waals surface area contributed by atoms with Gasteiger partial charge in [-0.3, -0.25) is 34.2 Å². The molecule has 1 fully saturated rings. The average molecular weight is 604 g/mol. The monoisotopic (exact) mass is 603 g/mol. The van der Waals surface area contributed by atoms with E-state index in [1.54, 1.807) is 37.3 Å². The van der Waals surface area contributed by atoms with Crippen LogP contribution in [0.15, 0.2) is 30.3 Å². The molecule has 1 aliphatic rings. The molecule has 2 rings (SSSR count). The first-order valence-electron chi connectivity index (χ1n) is 14.0. The Morgan fingerprint density at radius 3 is 2.19 bits per heavy atom.